The molecule has 1 aromatic carbocycles. The molecule has 5 nitrogen and oxygen atoms in total. The normalized spacial score (nSPS) is 12.9. The first-order valence-electron chi connectivity index (χ1n) is 6.13. The molecule has 0 radical (unpaired) electrons. The van der Waals surface area contributed by atoms with Crippen LogP contribution in [-0.2, 0) is 9.53 Å². The fraction of sp³-hybridized carbons (Fsp3) is 0.357. The number of hydrogen-bond donors (Lipinski definition) is 2. The van der Waals surface area contributed by atoms with E-state index in [1.165, 1.54) is 7.11 Å². The molecule has 0 saturated carbocycles. The largest absolute Gasteiger partial charge is 0.508 e. The molecule has 102 valence electrons. The van der Waals surface area contributed by atoms with Gasteiger partial charge in [-0.3, -0.25) is 0 Å². The number of phenolic OH excluding ortho intramolecular Hbond substituents is 1. The number of methoxy groups -OCH3 is 1. The van der Waals surface area contributed by atoms with E-state index >= 15 is 0 Å². The van der Waals surface area contributed by atoms with Gasteiger partial charge >= 0.3 is 5.97 Å². The highest BCUT2D eigenvalue weighted by Gasteiger charge is 2.23. The van der Waals surface area contributed by atoms with Crippen LogP contribution < -0.4 is 5.73 Å². The number of aromatic nitrogens is 1. The zero-order chi connectivity index (χ0) is 14.2. The number of carbonyl (C=O) groups is 1. The first kappa shape index (κ1) is 13.4. The van der Waals surface area contributed by atoms with Gasteiger partial charge in [0.25, 0.3) is 0 Å². The van der Waals surface area contributed by atoms with Crippen LogP contribution in [-0.4, -0.2) is 22.8 Å². The molecule has 1 atom stereocenters. The molecule has 5 heteroatoms. The maximum Gasteiger partial charge on any atom is 0.328 e. The molecule has 3 N–H and O–H groups in total. The van der Waals surface area contributed by atoms with E-state index in [-0.39, 0.29) is 11.8 Å². The van der Waals surface area contributed by atoms with Gasteiger partial charge in [-0.15, -0.1) is 0 Å². The molecule has 2 aromatic rings. The number of ether oxygens (including phenoxy) is 1. The molecule has 0 fully saturated rings. The van der Waals surface area contributed by atoms with E-state index in [9.17, 15) is 9.90 Å². The molecule has 0 saturated heterocycles. The van der Waals surface area contributed by atoms with Gasteiger partial charge in [-0.2, -0.15) is 0 Å². The van der Waals surface area contributed by atoms with Crippen molar-refractivity contribution < 1.29 is 14.6 Å². The van der Waals surface area contributed by atoms with Gasteiger partial charge in [0.1, 0.15) is 11.8 Å². The van der Waals surface area contributed by atoms with Gasteiger partial charge in [-0.25, -0.2) is 4.79 Å². The van der Waals surface area contributed by atoms with Crippen molar-refractivity contribution >= 4 is 16.9 Å². The summed E-state index contributed by atoms with van der Waals surface area (Å²) in [6, 6.07) is 6.22. The number of hydrogen-bond acceptors (Lipinski definition) is 4. The Morgan fingerprint density at radius 2 is 2.05 bits per heavy atom. The molecule has 1 unspecified atom stereocenters. The third-order valence-corrected chi connectivity index (χ3v) is 3.14. The van der Waals surface area contributed by atoms with Crippen LogP contribution in [0.3, 0.4) is 0 Å². The number of benzene rings is 1. The highest BCUT2D eigenvalue weighted by Crippen LogP contribution is 2.29. The van der Waals surface area contributed by atoms with E-state index in [1.807, 2.05) is 30.5 Å². The van der Waals surface area contributed by atoms with Crippen molar-refractivity contribution in [3.8, 4) is 5.75 Å². The Morgan fingerprint density at radius 1 is 1.37 bits per heavy atom. The fourth-order valence-electron chi connectivity index (χ4n) is 2.31. The standard InChI is InChI=1S/C14H18N2O3/c1-8(2)16-11-5-4-10(17)6-9(11)7-12(16)13(15)14(18)19-3/h4-8,13,17H,15H2,1-3H3. The number of carbonyl (C=O) groups excluding carboxylic acids is 1. The maximum atomic E-state index is 11.6. The second-order valence-corrected chi connectivity index (χ2v) is 4.78. The lowest BCUT2D eigenvalue weighted by molar-refractivity contribution is -0.142. The van der Waals surface area contributed by atoms with E-state index < -0.39 is 12.0 Å². The maximum absolute atomic E-state index is 11.6. The quantitative estimate of drug-likeness (QED) is 0.830. The van der Waals surface area contributed by atoms with Crippen molar-refractivity contribution in [2.45, 2.75) is 25.9 Å². The van der Waals surface area contributed by atoms with E-state index in [4.69, 9.17) is 10.5 Å². The predicted molar refractivity (Wildman–Crippen MR) is 72.9 cm³/mol. The van der Waals surface area contributed by atoms with Crippen molar-refractivity contribution in [1.29, 1.82) is 0 Å². The third-order valence-electron chi connectivity index (χ3n) is 3.14. The van der Waals surface area contributed by atoms with E-state index in [1.54, 1.807) is 12.1 Å². The SMILES string of the molecule is COC(=O)C(N)c1cc2cc(O)ccc2n1C(C)C. The van der Waals surface area contributed by atoms with Crippen LogP contribution in [0.25, 0.3) is 10.9 Å². The molecule has 2 rings (SSSR count). The predicted octanol–water partition coefficient (Wildman–Crippen LogP) is 2.10. The summed E-state index contributed by atoms with van der Waals surface area (Å²) < 4.78 is 6.68. The number of nitrogens with zero attached hydrogens (tertiary/aromatic N) is 1. The molecule has 1 heterocycles. The molecule has 0 spiro atoms. The monoisotopic (exact) mass is 262 g/mol. The zero-order valence-electron chi connectivity index (χ0n) is 11.3. The topological polar surface area (TPSA) is 77.5 Å². The Morgan fingerprint density at radius 3 is 2.63 bits per heavy atom. The second kappa shape index (κ2) is 4.93. The first-order valence-corrected chi connectivity index (χ1v) is 6.13. The fourth-order valence-corrected chi connectivity index (χ4v) is 2.31. The second-order valence-electron chi connectivity index (χ2n) is 4.78. The van der Waals surface area contributed by atoms with Gasteiger partial charge in [0, 0.05) is 22.6 Å². The van der Waals surface area contributed by atoms with E-state index in [0.29, 0.717) is 5.69 Å². The lowest BCUT2D eigenvalue weighted by Gasteiger charge is -2.17. The Kier molecular flexibility index (Phi) is 3.48. The molecule has 1 aromatic heterocycles. The van der Waals surface area contributed by atoms with Gasteiger partial charge < -0.3 is 20.1 Å². The van der Waals surface area contributed by atoms with Crippen molar-refractivity contribution in [3.63, 3.8) is 0 Å². The minimum absolute atomic E-state index is 0.146. The van der Waals surface area contributed by atoms with Crippen LogP contribution >= 0.6 is 0 Å². The molecule has 0 amide bonds. The minimum Gasteiger partial charge on any atom is -0.508 e. The van der Waals surface area contributed by atoms with Crippen molar-refractivity contribution in [3.05, 3.63) is 30.0 Å². The van der Waals surface area contributed by atoms with Crippen LogP contribution in [0.5, 0.6) is 5.75 Å². The number of nitrogens with two attached hydrogens (primary N) is 1. The highest BCUT2D eigenvalue weighted by molar-refractivity contribution is 5.86. The van der Waals surface area contributed by atoms with Gasteiger partial charge in [0.05, 0.1) is 7.11 Å². The van der Waals surface area contributed by atoms with Crippen LogP contribution in [0, 0.1) is 0 Å². The lowest BCUT2D eigenvalue weighted by atomic mass is 10.2. The Labute approximate surface area is 111 Å². The molecule has 0 aliphatic heterocycles. The van der Waals surface area contributed by atoms with Crippen molar-refractivity contribution in [2.75, 3.05) is 7.11 Å². The number of rotatable bonds is 3. The molecule has 0 aliphatic carbocycles. The average molecular weight is 262 g/mol. The summed E-state index contributed by atoms with van der Waals surface area (Å²) in [5.41, 5.74) is 7.55. The minimum atomic E-state index is -0.832. The Hall–Kier alpha value is -2.01. The molecule has 0 aliphatic rings. The van der Waals surface area contributed by atoms with Gasteiger partial charge in [-0.1, -0.05) is 0 Å². The number of esters is 1. The van der Waals surface area contributed by atoms with Gasteiger partial charge in [0.15, 0.2) is 0 Å². The zero-order valence-corrected chi connectivity index (χ0v) is 11.3. The summed E-state index contributed by atoms with van der Waals surface area (Å²) in [6.07, 6.45) is 0. The molecular weight excluding hydrogens is 244 g/mol. The Bertz CT molecular complexity index is 616. The molecule has 19 heavy (non-hydrogen) atoms. The van der Waals surface area contributed by atoms with Crippen LogP contribution in [0.15, 0.2) is 24.3 Å². The van der Waals surface area contributed by atoms with Crippen LogP contribution in [0.1, 0.15) is 31.6 Å². The molecular formula is C14H18N2O3. The highest BCUT2D eigenvalue weighted by atomic mass is 16.5. The average Bonchev–Trinajstić information content (AvgIpc) is 2.75. The van der Waals surface area contributed by atoms with E-state index in [0.717, 1.165) is 10.9 Å². The summed E-state index contributed by atoms with van der Waals surface area (Å²) in [7, 11) is 1.32. The molecule has 0 bridgehead atoms. The summed E-state index contributed by atoms with van der Waals surface area (Å²) >= 11 is 0. The third kappa shape index (κ3) is 2.29. The summed E-state index contributed by atoms with van der Waals surface area (Å²) in [5.74, 6) is -0.291. The smallest absolute Gasteiger partial charge is 0.328 e. The Balaban J connectivity index is 2.66. The number of fused-ring (bicyclic) bond motifs is 1. The lowest BCUT2D eigenvalue weighted by Crippen LogP contribution is -2.25. The summed E-state index contributed by atoms with van der Waals surface area (Å²) in [4.78, 5) is 11.6. The van der Waals surface area contributed by atoms with E-state index in [2.05, 4.69) is 0 Å². The van der Waals surface area contributed by atoms with Gasteiger partial charge in [-0.05, 0) is 38.1 Å². The first-order chi connectivity index (χ1) is 8.95. The number of aromatic hydroxyl groups is 1. The van der Waals surface area contributed by atoms with Crippen molar-refractivity contribution in [1.82, 2.24) is 4.57 Å². The van der Waals surface area contributed by atoms with Crippen LogP contribution in [0.2, 0.25) is 0 Å². The van der Waals surface area contributed by atoms with Crippen molar-refractivity contribution in [2.24, 2.45) is 5.73 Å². The summed E-state index contributed by atoms with van der Waals surface area (Å²) in [5, 5.41) is 10.4. The van der Waals surface area contributed by atoms with Gasteiger partial charge in [0.2, 0.25) is 0 Å². The summed E-state index contributed by atoms with van der Waals surface area (Å²) in [6.45, 7) is 4.03. The number of phenols is 1. The van der Waals surface area contributed by atoms with Crippen LogP contribution in [0.4, 0.5) is 0 Å².